The van der Waals surface area contributed by atoms with Gasteiger partial charge in [-0.25, -0.2) is 0 Å². The molecule has 0 radical (unpaired) electrons. The average Bonchev–Trinajstić information content (AvgIpc) is 2.98. The molecule has 3 aromatic rings. The second kappa shape index (κ2) is 5.79. The first-order valence-electron chi connectivity index (χ1n) is 6.95. The molecule has 0 saturated carbocycles. The van der Waals surface area contributed by atoms with Crippen LogP contribution in [0, 0.1) is 6.92 Å². The summed E-state index contributed by atoms with van der Waals surface area (Å²) in [7, 11) is 0. The van der Waals surface area contributed by atoms with Crippen molar-refractivity contribution < 1.29 is 4.52 Å². The number of nitrogens with two attached hydrogens (primary N) is 1. The third-order valence-electron chi connectivity index (χ3n) is 3.47. The van der Waals surface area contributed by atoms with Gasteiger partial charge in [-0.3, -0.25) is 0 Å². The fraction of sp³-hybridized carbons (Fsp3) is 0.176. The number of hydrogen-bond acceptors (Lipinski definition) is 4. The largest absolute Gasteiger partial charge is 0.398 e. The average molecular weight is 279 g/mol. The second-order valence-electron chi connectivity index (χ2n) is 5.07. The molecule has 0 bridgehead atoms. The smallest absolute Gasteiger partial charge is 0.257 e. The van der Waals surface area contributed by atoms with Gasteiger partial charge in [0.1, 0.15) is 0 Å². The Morgan fingerprint density at radius 2 is 1.86 bits per heavy atom. The standard InChI is InChI=1S/C17H17N3O/c1-12-7-9-14(11-15(12)18)17-19-16(20-21-17)10-8-13-5-3-2-4-6-13/h2-7,9,11H,8,10,18H2,1H3. The molecule has 21 heavy (non-hydrogen) atoms. The van der Waals surface area contributed by atoms with Crippen LogP contribution in [0.5, 0.6) is 0 Å². The molecule has 3 rings (SSSR count). The molecular formula is C17H17N3O. The highest BCUT2D eigenvalue weighted by atomic mass is 16.5. The Balaban J connectivity index is 1.72. The van der Waals surface area contributed by atoms with E-state index in [2.05, 4.69) is 22.3 Å². The number of hydrogen-bond donors (Lipinski definition) is 1. The maximum Gasteiger partial charge on any atom is 0.257 e. The zero-order valence-corrected chi connectivity index (χ0v) is 11.9. The molecule has 1 heterocycles. The van der Waals surface area contributed by atoms with Crippen LogP contribution in [0.15, 0.2) is 53.1 Å². The summed E-state index contributed by atoms with van der Waals surface area (Å²) < 4.78 is 5.32. The Hall–Kier alpha value is -2.62. The molecule has 0 fully saturated rings. The minimum Gasteiger partial charge on any atom is -0.398 e. The summed E-state index contributed by atoms with van der Waals surface area (Å²) in [5, 5.41) is 4.03. The minimum absolute atomic E-state index is 0.518. The molecule has 106 valence electrons. The van der Waals surface area contributed by atoms with Crippen LogP contribution in [0.25, 0.3) is 11.5 Å². The summed E-state index contributed by atoms with van der Waals surface area (Å²) in [5.41, 5.74) is 9.81. The lowest BCUT2D eigenvalue weighted by molar-refractivity contribution is 0.422. The molecule has 0 aliphatic rings. The Labute approximate surface area is 123 Å². The van der Waals surface area contributed by atoms with Crippen molar-refractivity contribution in [3.8, 4) is 11.5 Å². The van der Waals surface area contributed by atoms with E-state index in [1.807, 2.05) is 43.3 Å². The minimum atomic E-state index is 0.518. The van der Waals surface area contributed by atoms with E-state index in [-0.39, 0.29) is 0 Å². The number of aryl methyl sites for hydroxylation is 3. The molecule has 0 amide bonds. The van der Waals surface area contributed by atoms with Gasteiger partial charge in [-0.05, 0) is 36.6 Å². The SMILES string of the molecule is Cc1ccc(-c2nc(CCc3ccccc3)no2)cc1N. The van der Waals surface area contributed by atoms with Gasteiger partial charge in [0.25, 0.3) is 5.89 Å². The Morgan fingerprint density at radius 1 is 1.05 bits per heavy atom. The Morgan fingerprint density at radius 3 is 2.62 bits per heavy atom. The topological polar surface area (TPSA) is 64.9 Å². The highest BCUT2D eigenvalue weighted by Crippen LogP contribution is 2.22. The molecule has 0 aliphatic carbocycles. The Bertz CT molecular complexity index is 735. The number of rotatable bonds is 4. The molecule has 2 aromatic carbocycles. The lowest BCUT2D eigenvalue weighted by atomic mass is 10.1. The van der Waals surface area contributed by atoms with Gasteiger partial charge in [-0.15, -0.1) is 0 Å². The van der Waals surface area contributed by atoms with Crippen LogP contribution in [-0.4, -0.2) is 10.1 Å². The zero-order chi connectivity index (χ0) is 14.7. The van der Waals surface area contributed by atoms with Crippen LogP contribution < -0.4 is 5.73 Å². The van der Waals surface area contributed by atoms with Gasteiger partial charge in [0.2, 0.25) is 0 Å². The first-order valence-corrected chi connectivity index (χ1v) is 6.95. The number of aromatic nitrogens is 2. The lowest BCUT2D eigenvalue weighted by Crippen LogP contribution is -1.93. The third kappa shape index (κ3) is 3.11. The van der Waals surface area contributed by atoms with Gasteiger partial charge >= 0.3 is 0 Å². The van der Waals surface area contributed by atoms with Crippen molar-refractivity contribution in [1.29, 1.82) is 0 Å². The van der Waals surface area contributed by atoms with Gasteiger partial charge < -0.3 is 10.3 Å². The highest BCUT2D eigenvalue weighted by Gasteiger charge is 2.09. The predicted molar refractivity (Wildman–Crippen MR) is 82.7 cm³/mol. The van der Waals surface area contributed by atoms with Crippen molar-refractivity contribution in [2.45, 2.75) is 19.8 Å². The monoisotopic (exact) mass is 279 g/mol. The van der Waals surface area contributed by atoms with Crippen LogP contribution in [0.2, 0.25) is 0 Å². The van der Waals surface area contributed by atoms with Crippen molar-refractivity contribution in [3.05, 3.63) is 65.5 Å². The molecule has 4 nitrogen and oxygen atoms in total. The van der Waals surface area contributed by atoms with Crippen molar-refractivity contribution in [1.82, 2.24) is 10.1 Å². The normalized spacial score (nSPS) is 10.7. The molecule has 2 N–H and O–H groups in total. The van der Waals surface area contributed by atoms with E-state index in [1.165, 1.54) is 5.56 Å². The fourth-order valence-corrected chi connectivity index (χ4v) is 2.15. The molecule has 0 atom stereocenters. The van der Waals surface area contributed by atoms with Gasteiger partial charge in [-0.2, -0.15) is 4.98 Å². The van der Waals surface area contributed by atoms with E-state index >= 15 is 0 Å². The van der Waals surface area contributed by atoms with E-state index in [0.29, 0.717) is 11.7 Å². The number of nitrogens with zero attached hydrogens (tertiary/aromatic N) is 2. The summed E-state index contributed by atoms with van der Waals surface area (Å²) in [6.07, 6.45) is 1.66. The van der Waals surface area contributed by atoms with Gasteiger partial charge in [0.15, 0.2) is 5.82 Å². The van der Waals surface area contributed by atoms with Crippen molar-refractivity contribution in [2.75, 3.05) is 5.73 Å². The molecule has 0 saturated heterocycles. The summed E-state index contributed by atoms with van der Waals surface area (Å²) in [4.78, 5) is 4.43. The first kappa shape index (κ1) is 13.4. The highest BCUT2D eigenvalue weighted by molar-refractivity contribution is 5.62. The van der Waals surface area contributed by atoms with Crippen LogP contribution in [-0.2, 0) is 12.8 Å². The van der Waals surface area contributed by atoms with Crippen LogP contribution in [0.4, 0.5) is 5.69 Å². The maximum atomic E-state index is 5.91. The molecule has 4 heteroatoms. The van der Waals surface area contributed by atoms with Gasteiger partial charge in [0, 0.05) is 17.7 Å². The van der Waals surface area contributed by atoms with E-state index in [9.17, 15) is 0 Å². The van der Waals surface area contributed by atoms with E-state index in [1.54, 1.807) is 0 Å². The summed E-state index contributed by atoms with van der Waals surface area (Å²) in [6.45, 7) is 1.97. The van der Waals surface area contributed by atoms with Crippen molar-refractivity contribution in [3.63, 3.8) is 0 Å². The number of nitrogen functional groups attached to an aromatic ring is 1. The second-order valence-corrected chi connectivity index (χ2v) is 5.07. The Kier molecular flexibility index (Phi) is 3.69. The van der Waals surface area contributed by atoms with Gasteiger partial charge in [-0.1, -0.05) is 41.6 Å². The first-order chi connectivity index (χ1) is 10.2. The van der Waals surface area contributed by atoms with E-state index in [4.69, 9.17) is 10.3 Å². The molecule has 1 aromatic heterocycles. The maximum absolute atomic E-state index is 5.91. The molecule has 0 spiro atoms. The van der Waals surface area contributed by atoms with Crippen molar-refractivity contribution in [2.24, 2.45) is 0 Å². The molecular weight excluding hydrogens is 262 g/mol. The summed E-state index contributed by atoms with van der Waals surface area (Å²) in [5.74, 6) is 1.23. The molecule has 0 unspecified atom stereocenters. The summed E-state index contributed by atoms with van der Waals surface area (Å²) in [6, 6.07) is 16.0. The zero-order valence-electron chi connectivity index (χ0n) is 11.9. The van der Waals surface area contributed by atoms with E-state index < -0.39 is 0 Å². The summed E-state index contributed by atoms with van der Waals surface area (Å²) >= 11 is 0. The van der Waals surface area contributed by atoms with Crippen LogP contribution >= 0.6 is 0 Å². The van der Waals surface area contributed by atoms with Crippen molar-refractivity contribution >= 4 is 5.69 Å². The number of benzene rings is 2. The third-order valence-corrected chi connectivity index (χ3v) is 3.47. The number of anilines is 1. The fourth-order valence-electron chi connectivity index (χ4n) is 2.15. The van der Waals surface area contributed by atoms with E-state index in [0.717, 1.165) is 29.7 Å². The lowest BCUT2D eigenvalue weighted by Gasteiger charge is -2.00. The molecule has 0 aliphatic heterocycles. The van der Waals surface area contributed by atoms with Crippen LogP contribution in [0.1, 0.15) is 17.0 Å². The van der Waals surface area contributed by atoms with Crippen LogP contribution in [0.3, 0.4) is 0 Å². The quantitative estimate of drug-likeness (QED) is 0.743. The van der Waals surface area contributed by atoms with Gasteiger partial charge in [0.05, 0.1) is 0 Å². The predicted octanol–water partition coefficient (Wildman–Crippen LogP) is 3.41.